The van der Waals surface area contributed by atoms with E-state index < -0.39 is 11.5 Å². The Hall–Kier alpha value is -1.10. The molecule has 5 heteroatoms. The Morgan fingerprint density at radius 3 is 2.72 bits per heavy atom. The summed E-state index contributed by atoms with van der Waals surface area (Å²) in [7, 11) is 1.85. The van der Waals surface area contributed by atoms with Crippen molar-refractivity contribution in [1.29, 1.82) is 0 Å². The van der Waals surface area contributed by atoms with Crippen molar-refractivity contribution in [2.75, 3.05) is 20.1 Å². The van der Waals surface area contributed by atoms with Gasteiger partial charge < -0.3 is 15.3 Å². The first-order valence-electron chi connectivity index (χ1n) is 6.77. The summed E-state index contributed by atoms with van der Waals surface area (Å²) in [6, 6.07) is 0. The number of likely N-dealkylation sites (tertiary alicyclic amines) is 1. The number of carboxylic acids is 1. The van der Waals surface area contributed by atoms with Gasteiger partial charge in [-0.25, -0.2) is 4.79 Å². The monoisotopic (exact) mass is 256 g/mol. The first-order valence-corrected chi connectivity index (χ1v) is 6.77. The van der Waals surface area contributed by atoms with E-state index in [-0.39, 0.29) is 5.91 Å². The Labute approximate surface area is 109 Å². The summed E-state index contributed by atoms with van der Waals surface area (Å²) in [4.78, 5) is 25.3. The average molecular weight is 256 g/mol. The number of amides is 1. The van der Waals surface area contributed by atoms with Crippen LogP contribution in [0.3, 0.4) is 0 Å². The Bertz CT molecular complexity index is 307. The highest BCUT2D eigenvalue weighted by atomic mass is 16.4. The van der Waals surface area contributed by atoms with Gasteiger partial charge in [-0.3, -0.25) is 4.79 Å². The smallest absolute Gasteiger partial charge is 0.329 e. The molecule has 18 heavy (non-hydrogen) atoms. The molecule has 2 N–H and O–H groups in total. The van der Waals surface area contributed by atoms with Crippen molar-refractivity contribution < 1.29 is 14.7 Å². The van der Waals surface area contributed by atoms with Gasteiger partial charge in [-0.2, -0.15) is 0 Å². The SMILES string of the molecule is CCCC1(C(=O)O)CCCN1C(=O)CCCNC. The average Bonchev–Trinajstić information content (AvgIpc) is 2.75. The van der Waals surface area contributed by atoms with Crippen LogP contribution in [0.1, 0.15) is 45.4 Å². The van der Waals surface area contributed by atoms with Gasteiger partial charge in [0.2, 0.25) is 5.91 Å². The summed E-state index contributed by atoms with van der Waals surface area (Å²) >= 11 is 0. The summed E-state index contributed by atoms with van der Waals surface area (Å²) in [5.41, 5.74) is -0.939. The molecule has 1 fully saturated rings. The molecule has 0 saturated carbocycles. The predicted octanol–water partition coefficient (Wildman–Crippen LogP) is 1.23. The quantitative estimate of drug-likeness (QED) is 0.672. The summed E-state index contributed by atoms with van der Waals surface area (Å²) < 4.78 is 0. The number of carboxylic acid groups (broad SMARTS) is 1. The second kappa shape index (κ2) is 6.73. The Balaban J connectivity index is 2.72. The number of carbonyl (C=O) groups is 2. The van der Waals surface area contributed by atoms with Crippen LogP contribution in [0.15, 0.2) is 0 Å². The minimum atomic E-state index is -0.939. The fourth-order valence-electron chi connectivity index (χ4n) is 2.80. The van der Waals surface area contributed by atoms with Crippen LogP contribution in [-0.4, -0.2) is 47.6 Å². The molecule has 1 aliphatic rings. The molecule has 1 amide bonds. The zero-order valence-electron chi connectivity index (χ0n) is 11.4. The molecule has 1 heterocycles. The van der Waals surface area contributed by atoms with E-state index in [0.717, 1.165) is 25.8 Å². The van der Waals surface area contributed by atoms with Crippen LogP contribution in [0.5, 0.6) is 0 Å². The maximum absolute atomic E-state index is 12.1. The zero-order valence-corrected chi connectivity index (χ0v) is 11.4. The maximum Gasteiger partial charge on any atom is 0.329 e. The van der Waals surface area contributed by atoms with Crippen molar-refractivity contribution in [2.45, 2.75) is 51.0 Å². The highest BCUT2D eigenvalue weighted by Gasteiger charge is 2.48. The maximum atomic E-state index is 12.1. The molecule has 1 unspecified atom stereocenters. The standard InChI is InChI=1S/C13H24N2O3/c1-3-7-13(12(17)18)8-5-10-15(13)11(16)6-4-9-14-2/h14H,3-10H2,1-2H3,(H,17,18). The molecule has 0 aromatic rings. The van der Waals surface area contributed by atoms with E-state index >= 15 is 0 Å². The largest absolute Gasteiger partial charge is 0.479 e. The number of nitrogens with zero attached hydrogens (tertiary/aromatic N) is 1. The molecule has 1 atom stereocenters. The molecular weight excluding hydrogens is 232 g/mol. The summed E-state index contributed by atoms with van der Waals surface area (Å²) in [6.07, 6.45) is 3.91. The number of hydrogen-bond acceptors (Lipinski definition) is 3. The number of carbonyl (C=O) groups excluding carboxylic acids is 1. The molecule has 5 nitrogen and oxygen atoms in total. The molecule has 0 radical (unpaired) electrons. The number of rotatable bonds is 7. The van der Waals surface area contributed by atoms with Crippen molar-refractivity contribution in [3.05, 3.63) is 0 Å². The van der Waals surface area contributed by atoms with Crippen molar-refractivity contribution in [2.24, 2.45) is 0 Å². The van der Waals surface area contributed by atoms with Gasteiger partial charge in [0.05, 0.1) is 0 Å². The first-order chi connectivity index (χ1) is 8.58. The molecule has 0 spiro atoms. The molecule has 0 aromatic carbocycles. The van der Waals surface area contributed by atoms with Crippen molar-refractivity contribution >= 4 is 11.9 Å². The lowest BCUT2D eigenvalue weighted by molar-refractivity contribution is -0.157. The molecule has 104 valence electrons. The van der Waals surface area contributed by atoms with Gasteiger partial charge in [-0.15, -0.1) is 0 Å². The van der Waals surface area contributed by atoms with Gasteiger partial charge in [0, 0.05) is 13.0 Å². The second-order valence-electron chi connectivity index (χ2n) is 4.94. The summed E-state index contributed by atoms with van der Waals surface area (Å²) in [5, 5.41) is 12.5. The lowest BCUT2D eigenvalue weighted by Gasteiger charge is -2.34. The minimum Gasteiger partial charge on any atom is -0.479 e. The molecule has 1 aliphatic heterocycles. The highest BCUT2D eigenvalue weighted by Crippen LogP contribution is 2.34. The van der Waals surface area contributed by atoms with E-state index in [1.54, 1.807) is 4.90 Å². The number of nitrogens with one attached hydrogen (secondary N) is 1. The van der Waals surface area contributed by atoms with E-state index in [0.29, 0.717) is 25.8 Å². The van der Waals surface area contributed by atoms with Crippen LogP contribution in [0.25, 0.3) is 0 Å². The Morgan fingerprint density at radius 1 is 1.44 bits per heavy atom. The van der Waals surface area contributed by atoms with Crippen LogP contribution in [0.2, 0.25) is 0 Å². The summed E-state index contributed by atoms with van der Waals surface area (Å²) in [6.45, 7) is 3.34. The second-order valence-corrected chi connectivity index (χ2v) is 4.94. The van der Waals surface area contributed by atoms with Gasteiger partial charge in [0.25, 0.3) is 0 Å². The molecule has 1 rings (SSSR count). The fraction of sp³-hybridized carbons (Fsp3) is 0.846. The zero-order chi connectivity index (χ0) is 13.6. The topological polar surface area (TPSA) is 69.6 Å². The van der Waals surface area contributed by atoms with Crippen LogP contribution < -0.4 is 5.32 Å². The van der Waals surface area contributed by atoms with E-state index in [9.17, 15) is 14.7 Å². The minimum absolute atomic E-state index is 0.0152. The van der Waals surface area contributed by atoms with Crippen LogP contribution in [0, 0.1) is 0 Å². The van der Waals surface area contributed by atoms with Gasteiger partial charge in [-0.1, -0.05) is 13.3 Å². The van der Waals surface area contributed by atoms with Crippen molar-refractivity contribution in [3.8, 4) is 0 Å². The van der Waals surface area contributed by atoms with Crippen LogP contribution in [0.4, 0.5) is 0 Å². The van der Waals surface area contributed by atoms with E-state index in [2.05, 4.69) is 5.32 Å². The molecule has 0 aromatic heterocycles. The number of hydrogen-bond donors (Lipinski definition) is 2. The summed E-state index contributed by atoms with van der Waals surface area (Å²) in [5.74, 6) is -0.859. The fourth-order valence-corrected chi connectivity index (χ4v) is 2.80. The predicted molar refractivity (Wildman–Crippen MR) is 69.4 cm³/mol. The third-order valence-corrected chi connectivity index (χ3v) is 3.67. The lowest BCUT2D eigenvalue weighted by atomic mass is 9.90. The van der Waals surface area contributed by atoms with Gasteiger partial charge in [0.15, 0.2) is 0 Å². The molecule has 0 aliphatic carbocycles. The van der Waals surface area contributed by atoms with E-state index in [1.807, 2.05) is 14.0 Å². The third kappa shape index (κ3) is 3.02. The van der Waals surface area contributed by atoms with Crippen molar-refractivity contribution in [3.63, 3.8) is 0 Å². The van der Waals surface area contributed by atoms with Gasteiger partial charge >= 0.3 is 5.97 Å². The Kier molecular flexibility index (Phi) is 5.59. The van der Waals surface area contributed by atoms with Gasteiger partial charge in [-0.05, 0) is 39.3 Å². The number of aliphatic carboxylic acids is 1. The molecule has 0 bridgehead atoms. The van der Waals surface area contributed by atoms with Crippen LogP contribution >= 0.6 is 0 Å². The lowest BCUT2D eigenvalue weighted by Crippen LogP contribution is -2.53. The highest BCUT2D eigenvalue weighted by molar-refractivity contribution is 5.87. The molecule has 1 saturated heterocycles. The van der Waals surface area contributed by atoms with Crippen LogP contribution in [-0.2, 0) is 9.59 Å². The Morgan fingerprint density at radius 2 is 2.17 bits per heavy atom. The van der Waals surface area contributed by atoms with Gasteiger partial charge in [0.1, 0.15) is 5.54 Å². The van der Waals surface area contributed by atoms with Crippen molar-refractivity contribution in [1.82, 2.24) is 10.2 Å². The first kappa shape index (κ1) is 15.0. The van der Waals surface area contributed by atoms with E-state index in [4.69, 9.17) is 0 Å². The third-order valence-electron chi connectivity index (χ3n) is 3.67. The van der Waals surface area contributed by atoms with E-state index in [1.165, 1.54) is 0 Å². The molecular formula is C13H24N2O3. The normalized spacial score (nSPS) is 23.3.